The molecule has 0 heterocycles. The van der Waals surface area contributed by atoms with Gasteiger partial charge in [-0.1, -0.05) is 6.92 Å². The molecule has 6 nitrogen and oxygen atoms in total. The van der Waals surface area contributed by atoms with Crippen molar-refractivity contribution in [3.63, 3.8) is 0 Å². The van der Waals surface area contributed by atoms with Crippen LogP contribution in [0.4, 0.5) is 0 Å². The minimum atomic E-state index is -0.248. The van der Waals surface area contributed by atoms with Gasteiger partial charge in [-0.05, 0) is 31.2 Å². The Bertz CT molecular complexity index is 477. The summed E-state index contributed by atoms with van der Waals surface area (Å²) < 4.78 is 5.03. The second kappa shape index (κ2) is 10.0. The number of benzene rings is 1. The first-order chi connectivity index (χ1) is 9.95. The molecule has 1 rings (SSSR count). The predicted molar refractivity (Wildman–Crippen MR) is 88.4 cm³/mol. The highest BCUT2D eigenvalue weighted by Crippen LogP contribution is 2.10. The number of nitrogens with one attached hydrogen (secondary N) is 2. The molecule has 0 aliphatic heterocycles. The number of methoxy groups -OCH3 is 1. The first kappa shape index (κ1) is 20.2. The number of nitrogens with two attached hydrogens (primary N) is 1. The summed E-state index contributed by atoms with van der Waals surface area (Å²) in [6, 6.07) is 6.62. The molecule has 0 spiro atoms. The van der Waals surface area contributed by atoms with Crippen LogP contribution < -0.4 is 21.1 Å². The quantitative estimate of drug-likeness (QED) is 0.649. The first-order valence-electron chi connectivity index (χ1n) is 6.91. The molecule has 124 valence electrons. The number of carbonyl (C=O) groups excluding carboxylic acids is 2. The average Bonchev–Trinajstić information content (AvgIpc) is 2.50. The van der Waals surface area contributed by atoms with E-state index in [9.17, 15) is 9.59 Å². The Labute approximate surface area is 137 Å². The van der Waals surface area contributed by atoms with Gasteiger partial charge in [0.15, 0.2) is 0 Å². The highest BCUT2D eigenvalue weighted by atomic mass is 35.5. The minimum absolute atomic E-state index is 0. The van der Waals surface area contributed by atoms with Gasteiger partial charge in [-0.25, -0.2) is 0 Å². The van der Waals surface area contributed by atoms with Crippen LogP contribution in [-0.4, -0.2) is 38.1 Å². The Kier molecular flexibility index (Phi) is 9.21. The molecule has 7 heteroatoms. The summed E-state index contributed by atoms with van der Waals surface area (Å²) in [6.07, 6.45) is 0. The van der Waals surface area contributed by atoms with E-state index in [1.165, 1.54) is 0 Å². The van der Waals surface area contributed by atoms with Crippen molar-refractivity contribution in [2.45, 2.75) is 19.9 Å². The molecule has 4 N–H and O–H groups in total. The highest BCUT2D eigenvalue weighted by Gasteiger charge is 2.16. The van der Waals surface area contributed by atoms with Crippen molar-refractivity contribution in [3.8, 4) is 5.75 Å². The Morgan fingerprint density at radius 3 is 2.18 bits per heavy atom. The van der Waals surface area contributed by atoms with Crippen molar-refractivity contribution in [3.05, 3.63) is 29.8 Å². The number of rotatable bonds is 7. The van der Waals surface area contributed by atoms with E-state index < -0.39 is 0 Å². The number of hydrogen-bond donors (Lipinski definition) is 3. The summed E-state index contributed by atoms with van der Waals surface area (Å²) in [5, 5.41) is 5.47. The van der Waals surface area contributed by atoms with Gasteiger partial charge in [0.05, 0.1) is 7.11 Å². The van der Waals surface area contributed by atoms with E-state index in [-0.39, 0.29) is 36.2 Å². The van der Waals surface area contributed by atoms with Gasteiger partial charge < -0.3 is 21.1 Å². The number of hydrogen-bond acceptors (Lipinski definition) is 4. The van der Waals surface area contributed by atoms with Crippen LogP contribution in [0.3, 0.4) is 0 Å². The fourth-order valence-corrected chi connectivity index (χ4v) is 1.61. The molecular formula is C15H24ClN3O3. The lowest BCUT2D eigenvalue weighted by Crippen LogP contribution is -2.41. The first-order valence-corrected chi connectivity index (χ1v) is 6.91. The summed E-state index contributed by atoms with van der Waals surface area (Å²) in [7, 11) is 1.57. The molecule has 2 atom stereocenters. The van der Waals surface area contributed by atoms with Crippen molar-refractivity contribution < 1.29 is 14.3 Å². The Balaban J connectivity index is 0.00000441. The smallest absolute Gasteiger partial charge is 0.251 e. The molecule has 22 heavy (non-hydrogen) atoms. The monoisotopic (exact) mass is 329 g/mol. The Morgan fingerprint density at radius 2 is 1.68 bits per heavy atom. The lowest BCUT2D eigenvalue weighted by atomic mass is 10.0. The van der Waals surface area contributed by atoms with Gasteiger partial charge in [0, 0.05) is 30.6 Å². The van der Waals surface area contributed by atoms with Gasteiger partial charge in [-0.15, -0.1) is 12.4 Å². The number of halogens is 1. The summed E-state index contributed by atoms with van der Waals surface area (Å²) in [5.41, 5.74) is 6.20. The zero-order chi connectivity index (χ0) is 15.8. The standard InChI is InChI=1S/C15H23N3O3.ClH/c1-10(11(2)16)14(19)17-8-9-18-15(20)12-4-6-13(21-3)7-5-12;/h4-7,10-11H,8-9,16H2,1-3H3,(H,17,19)(H,18,20);1H. The van der Waals surface area contributed by atoms with Gasteiger partial charge >= 0.3 is 0 Å². The van der Waals surface area contributed by atoms with E-state index in [4.69, 9.17) is 10.5 Å². The van der Waals surface area contributed by atoms with E-state index in [0.29, 0.717) is 24.4 Å². The van der Waals surface area contributed by atoms with Crippen molar-refractivity contribution in [1.82, 2.24) is 10.6 Å². The summed E-state index contributed by atoms with van der Waals surface area (Å²) in [4.78, 5) is 23.5. The number of amides is 2. The van der Waals surface area contributed by atoms with Crippen LogP contribution >= 0.6 is 12.4 Å². The van der Waals surface area contributed by atoms with Crippen LogP contribution in [0.25, 0.3) is 0 Å². The molecule has 0 aliphatic rings. The maximum absolute atomic E-state index is 11.8. The lowest BCUT2D eigenvalue weighted by molar-refractivity contribution is -0.124. The van der Waals surface area contributed by atoms with Gasteiger partial charge in [-0.2, -0.15) is 0 Å². The van der Waals surface area contributed by atoms with Gasteiger partial charge in [0.25, 0.3) is 5.91 Å². The van der Waals surface area contributed by atoms with Crippen LogP contribution in [0.15, 0.2) is 24.3 Å². The normalized spacial score (nSPS) is 12.5. The lowest BCUT2D eigenvalue weighted by Gasteiger charge is -2.15. The topological polar surface area (TPSA) is 93.5 Å². The molecule has 2 amide bonds. The molecule has 0 fully saturated rings. The van der Waals surface area contributed by atoms with Gasteiger partial charge in [0.1, 0.15) is 5.75 Å². The van der Waals surface area contributed by atoms with E-state index in [1.807, 2.05) is 0 Å². The molecule has 0 radical (unpaired) electrons. The molecule has 0 bridgehead atoms. The van der Waals surface area contributed by atoms with Crippen molar-refractivity contribution in [2.24, 2.45) is 11.7 Å². The number of ether oxygens (including phenoxy) is 1. The fourth-order valence-electron chi connectivity index (χ4n) is 1.61. The van der Waals surface area contributed by atoms with Crippen LogP contribution in [0.2, 0.25) is 0 Å². The average molecular weight is 330 g/mol. The largest absolute Gasteiger partial charge is 0.497 e. The van der Waals surface area contributed by atoms with E-state index in [0.717, 1.165) is 0 Å². The van der Waals surface area contributed by atoms with Crippen LogP contribution in [0.1, 0.15) is 24.2 Å². The van der Waals surface area contributed by atoms with Crippen LogP contribution in [0, 0.1) is 5.92 Å². The summed E-state index contributed by atoms with van der Waals surface area (Å²) in [6.45, 7) is 4.30. The minimum Gasteiger partial charge on any atom is -0.497 e. The molecular weight excluding hydrogens is 306 g/mol. The van der Waals surface area contributed by atoms with Gasteiger partial charge in [0.2, 0.25) is 5.91 Å². The second-order valence-electron chi connectivity index (χ2n) is 4.92. The zero-order valence-corrected chi connectivity index (χ0v) is 13.9. The third-order valence-corrected chi connectivity index (χ3v) is 3.26. The number of carbonyl (C=O) groups is 2. The molecule has 1 aromatic rings. The van der Waals surface area contributed by atoms with E-state index >= 15 is 0 Å². The van der Waals surface area contributed by atoms with E-state index in [1.54, 1.807) is 45.2 Å². The summed E-state index contributed by atoms with van der Waals surface area (Å²) >= 11 is 0. The Morgan fingerprint density at radius 1 is 1.14 bits per heavy atom. The van der Waals surface area contributed by atoms with Crippen LogP contribution in [-0.2, 0) is 4.79 Å². The van der Waals surface area contributed by atoms with Crippen molar-refractivity contribution >= 4 is 24.2 Å². The van der Waals surface area contributed by atoms with Crippen molar-refractivity contribution in [1.29, 1.82) is 0 Å². The van der Waals surface area contributed by atoms with Crippen LogP contribution in [0.5, 0.6) is 5.75 Å². The third kappa shape index (κ3) is 6.32. The SMILES string of the molecule is COc1ccc(C(=O)NCCNC(=O)C(C)C(C)N)cc1.Cl. The van der Waals surface area contributed by atoms with E-state index in [2.05, 4.69) is 10.6 Å². The predicted octanol–water partition coefficient (Wildman–Crippen LogP) is 0.946. The summed E-state index contributed by atoms with van der Waals surface area (Å²) in [5.74, 6) is 0.154. The zero-order valence-electron chi connectivity index (χ0n) is 13.1. The molecule has 0 saturated heterocycles. The fraction of sp³-hybridized carbons (Fsp3) is 0.467. The molecule has 2 unspecified atom stereocenters. The highest BCUT2D eigenvalue weighted by molar-refractivity contribution is 5.94. The maximum atomic E-state index is 11.8. The van der Waals surface area contributed by atoms with Gasteiger partial charge in [-0.3, -0.25) is 9.59 Å². The third-order valence-electron chi connectivity index (χ3n) is 3.26. The maximum Gasteiger partial charge on any atom is 0.251 e. The van der Waals surface area contributed by atoms with Crippen molar-refractivity contribution in [2.75, 3.05) is 20.2 Å². The molecule has 0 aromatic heterocycles. The molecule has 0 saturated carbocycles. The molecule has 1 aromatic carbocycles. The second-order valence-corrected chi connectivity index (χ2v) is 4.92. The Hall–Kier alpha value is -1.79. The molecule has 0 aliphatic carbocycles.